The predicted molar refractivity (Wildman–Crippen MR) is 125 cm³/mol. The lowest BCUT2D eigenvalue weighted by Gasteiger charge is -2.25. The lowest BCUT2D eigenvalue weighted by molar-refractivity contribution is -0.114. The van der Waals surface area contributed by atoms with Gasteiger partial charge in [0.25, 0.3) is 5.91 Å². The zero-order chi connectivity index (χ0) is 21.1. The van der Waals surface area contributed by atoms with E-state index in [-0.39, 0.29) is 11.9 Å². The summed E-state index contributed by atoms with van der Waals surface area (Å²) in [6.07, 6.45) is 6.70. The highest BCUT2D eigenvalue weighted by Gasteiger charge is 2.33. The Kier molecular flexibility index (Phi) is 6.87. The Bertz CT molecular complexity index is 939. The molecule has 1 unspecified atom stereocenters. The van der Waals surface area contributed by atoms with Crippen LogP contribution in [0, 0.1) is 5.92 Å². The van der Waals surface area contributed by atoms with Crippen LogP contribution in [-0.2, 0) is 4.79 Å². The molecule has 7 heteroatoms. The molecular formula is C23H24Cl3N3O. The number of hydrogen-bond donors (Lipinski definition) is 1. The van der Waals surface area contributed by atoms with E-state index >= 15 is 0 Å². The fourth-order valence-corrected chi connectivity index (χ4v) is 4.89. The SMILES string of the molecule is O=C(NCCC1CCCC1)C1=NN(c2ccc(Cl)cc2Cl)C(c2ccc(Cl)cc2)C1. The first-order valence-electron chi connectivity index (χ1n) is 10.4. The summed E-state index contributed by atoms with van der Waals surface area (Å²) in [4.78, 5) is 12.8. The first kappa shape index (κ1) is 21.5. The van der Waals surface area contributed by atoms with Crippen LogP contribution in [0.5, 0.6) is 0 Å². The topological polar surface area (TPSA) is 44.7 Å². The van der Waals surface area contributed by atoms with Crippen molar-refractivity contribution in [3.8, 4) is 0 Å². The van der Waals surface area contributed by atoms with Crippen molar-refractivity contribution in [2.45, 2.75) is 44.6 Å². The molecule has 2 aliphatic rings. The zero-order valence-electron chi connectivity index (χ0n) is 16.6. The largest absolute Gasteiger partial charge is 0.351 e. The minimum atomic E-state index is -0.142. The van der Waals surface area contributed by atoms with Gasteiger partial charge in [-0.05, 0) is 48.2 Å². The summed E-state index contributed by atoms with van der Waals surface area (Å²) >= 11 is 18.6. The molecule has 0 spiro atoms. The van der Waals surface area contributed by atoms with Gasteiger partial charge in [0.1, 0.15) is 5.71 Å². The van der Waals surface area contributed by atoms with Gasteiger partial charge in [-0.25, -0.2) is 0 Å². The molecule has 2 aromatic rings. The molecule has 2 aromatic carbocycles. The van der Waals surface area contributed by atoms with Gasteiger partial charge < -0.3 is 5.32 Å². The third-order valence-corrected chi connectivity index (χ3v) is 6.69. The first-order valence-corrected chi connectivity index (χ1v) is 11.5. The van der Waals surface area contributed by atoms with Crippen LogP contribution in [0.2, 0.25) is 15.1 Å². The summed E-state index contributed by atoms with van der Waals surface area (Å²) in [7, 11) is 0. The average Bonchev–Trinajstić information content (AvgIpc) is 3.39. The molecule has 1 aliphatic heterocycles. The van der Waals surface area contributed by atoms with Crippen molar-refractivity contribution in [1.82, 2.24) is 5.32 Å². The van der Waals surface area contributed by atoms with Crippen LogP contribution < -0.4 is 10.3 Å². The molecule has 1 heterocycles. The van der Waals surface area contributed by atoms with E-state index in [0.29, 0.717) is 33.7 Å². The number of rotatable bonds is 6. The summed E-state index contributed by atoms with van der Waals surface area (Å²) in [6.45, 7) is 0.690. The number of anilines is 1. The van der Waals surface area contributed by atoms with Crippen LogP contribution in [0.1, 0.15) is 50.1 Å². The molecule has 1 amide bonds. The average molecular weight is 465 g/mol. The van der Waals surface area contributed by atoms with Crippen molar-refractivity contribution in [3.63, 3.8) is 0 Å². The number of hydrogen-bond acceptors (Lipinski definition) is 3. The number of carbonyl (C=O) groups excluding carboxylic acids is 1. The van der Waals surface area contributed by atoms with Gasteiger partial charge in [-0.2, -0.15) is 5.10 Å². The maximum atomic E-state index is 12.8. The minimum absolute atomic E-state index is 0.112. The van der Waals surface area contributed by atoms with E-state index in [1.807, 2.05) is 35.3 Å². The van der Waals surface area contributed by atoms with E-state index in [4.69, 9.17) is 34.8 Å². The molecule has 0 bridgehead atoms. The van der Waals surface area contributed by atoms with Gasteiger partial charge in [-0.15, -0.1) is 0 Å². The molecule has 30 heavy (non-hydrogen) atoms. The Hall–Kier alpha value is -1.75. The van der Waals surface area contributed by atoms with Gasteiger partial charge in [0.2, 0.25) is 0 Å². The van der Waals surface area contributed by atoms with Crippen LogP contribution in [0.25, 0.3) is 0 Å². The highest BCUT2D eigenvalue weighted by atomic mass is 35.5. The van der Waals surface area contributed by atoms with E-state index in [1.54, 1.807) is 12.1 Å². The molecule has 0 aromatic heterocycles. The van der Waals surface area contributed by atoms with E-state index < -0.39 is 0 Å². The molecule has 4 rings (SSSR count). The van der Waals surface area contributed by atoms with Gasteiger partial charge in [-0.3, -0.25) is 9.80 Å². The highest BCUT2D eigenvalue weighted by molar-refractivity contribution is 6.40. The van der Waals surface area contributed by atoms with Gasteiger partial charge in [0.15, 0.2) is 0 Å². The Morgan fingerprint density at radius 3 is 2.43 bits per heavy atom. The molecule has 1 fully saturated rings. The van der Waals surface area contributed by atoms with Gasteiger partial charge in [0.05, 0.1) is 16.8 Å². The number of halogens is 3. The van der Waals surface area contributed by atoms with Crippen molar-refractivity contribution < 1.29 is 4.79 Å². The van der Waals surface area contributed by atoms with E-state index in [0.717, 1.165) is 23.6 Å². The number of carbonyl (C=O) groups is 1. The normalized spacial score (nSPS) is 19.2. The Morgan fingerprint density at radius 2 is 1.73 bits per heavy atom. The van der Waals surface area contributed by atoms with Crippen LogP contribution in [0.15, 0.2) is 47.6 Å². The molecular weight excluding hydrogens is 441 g/mol. The van der Waals surface area contributed by atoms with Crippen LogP contribution in [0.4, 0.5) is 5.69 Å². The van der Waals surface area contributed by atoms with Crippen molar-refractivity contribution in [2.75, 3.05) is 11.6 Å². The maximum absolute atomic E-state index is 12.8. The number of benzene rings is 2. The number of nitrogens with one attached hydrogen (secondary N) is 1. The second-order valence-electron chi connectivity index (χ2n) is 7.95. The molecule has 0 radical (unpaired) electrons. The van der Waals surface area contributed by atoms with Crippen LogP contribution in [-0.4, -0.2) is 18.2 Å². The minimum Gasteiger partial charge on any atom is -0.351 e. The summed E-state index contributed by atoms with van der Waals surface area (Å²) in [5.74, 6) is 0.626. The monoisotopic (exact) mass is 463 g/mol. The second-order valence-corrected chi connectivity index (χ2v) is 9.23. The van der Waals surface area contributed by atoms with E-state index in [2.05, 4.69) is 10.4 Å². The van der Waals surface area contributed by atoms with E-state index in [9.17, 15) is 4.79 Å². The Labute approximate surface area is 192 Å². The van der Waals surface area contributed by atoms with Gasteiger partial charge in [-0.1, -0.05) is 72.6 Å². The summed E-state index contributed by atoms with van der Waals surface area (Å²) in [5, 5.41) is 11.2. The third-order valence-electron chi connectivity index (χ3n) is 5.90. The van der Waals surface area contributed by atoms with Crippen molar-refractivity contribution in [3.05, 3.63) is 63.1 Å². The zero-order valence-corrected chi connectivity index (χ0v) is 18.9. The lowest BCUT2D eigenvalue weighted by atomic mass is 10.0. The molecule has 1 aliphatic carbocycles. The van der Waals surface area contributed by atoms with Crippen molar-refractivity contribution in [1.29, 1.82) is 0 Å². The van der Waals surface area contributed by atoms with Crippen LogP contribution in [0.3, 0.4) is 0 Å². The van der Waals surface area contributed by atoms with Gasteiger partial charge in [0, 0.05) is 23.0 Å². The Balaban J connectivity index is 1.53. The fraction of sp³-hybridized carbons (Fsp3) is 0.391. The molecule has 1 atom stereocenters. The first-order chi connectivity index (χ1) is 14.5. The third kappa shape index (κ3) is 4.93. The lowest BCUT2D eigenvalue weighted by Crippen LogP contribution is -2.31. The van der Waals surface area contributed by atoms with Crippen molar-refractivity contribution in [2.24, 2.45) is 11.0 Å². The Morgan fingerprint density at radius 1 is 1.03 bits per heavy atom. The smallest absolute Gasteiger partial charge is 0.267 e. The van der Waals surface area contributed by atoms with Crippen LogP contribution >= 0.6 is 34.8 Å². The molecule has 1 saturated carbocycles. The predicted octanol–water partition coefficient (Wildman–Crippen LogP) is 6.65. The quantitative estimate of drug-likeness (QED) is 0.520. The fourth-order valence-electron chi connectivity index (χ4n) is 4.27. The van der Waals surface area contributed by atoms with Gasteiger partial charge >= 0.3 is 0 Å². The molecule has 0 saturated heterocycles. The van der Waals surface area contributed by atoms with E-state index in [1.165, 1.54) is 25.7 Å². The standard InChI is InChI=1S/C23H24Cl3N3O/c24-17-7-5-16(6-8-17)22-14-20(23(30)27-12-11-15-3-1-2-4-15)28-29(22)21-10-9-18(25)13-19(21)26/h5-10,13,15,22H,1-4,11-12,14H2,(H,27,30). The second kappa shape index (κ2) is 9.59. The number of amides is 1. The van der Waals surface area contributed by atoms with Crippen molar-refractivity contribution >= 4 is 52.1 Å². The molecule has 158 valence electrons. The number of nitrogens with zero attached hydrogens (tertiary/aromatic N) is 2. The molecule has 4 nitrogen and oxygen atoms in total. The highest BCUT2D eigenvalue weighted by Crippen LogP contribution is 2.39. The molecule has 1 N–H and O–H groups in total. The maximum Gasteiger partial charge on any atom is 0.267 e. The summed E-state index contributed by atoms with van der Waals surface area (Å²) in [6, 6.07) is 12.8. The number of hydrazone groups is 1. The summed E-state index contributed by atoms with van der Waals surface area (Å²) in [5.41, 5.74) is 2.24. The summed E-state index contributed by atoms with van der Waals surface area (Å²) < 4.78 is 0.